The first-order valence-electron chi connectivity index (χ1n) is 7.56. The maximum absolute atomic E-state index is 5.90. The molecule has 2 aliphatic rings. The molecule has 1 unspecified atom stereocenters. The Morgan fingerprint density at radius 2 is 2.05 bits per heavy atom. The van der Waals surface area contributed by atoms with Crippen LogP contribution in [0, 0.1) is 0 Å². The van der Waals surface area contributed by atoms with Crippen molar-refractivity contribution in [2.24, 2.45) is 0 Å². The minimum absolute atomic E-state index is 0.239. The van der Waals surface area contributed by atoms with Gasteiger partial charge in [0.1, 0.15) is 0 Å². The van der Waals surface area contributed by atoms with E-state index in [0.717, 1.165) is 26.1 Å². The normalized spacial score (nSPS) is 23.5. The zero-order valence-corrected chi connectivity index (χ0v) is 11.6. The van der Waals surface area contributed by atoms with Crippen molar-refractivity contribution >= 4 is 0 Å². The summed E-state index contributed by atoms with van der Waals surface area (Å²) in [5.41, 5.74) is 2.84. The van der Waals surface area contributed by atoms with Crippen molar-refractivity contribution < 1.29 is 4.74 Å². The maximum atomic E-state index is 5.90. The van der Waals surface area contributed by atoms with Gasteiger partial charge in [0.25, 0.3) is 0 Å². The van der Waals surface area contributed by atoms with Crippen LogP contribution in [-0.4, -0.2) is 44.2 Å². The molecular formula is C16H24N2O. The number of nitrogens with one attached hydrogen (secondary N) is 1. The highest BCUT2D eigenvalue weighted by molar-refractivity contribution is 5.31. The van der Waals surface area contributed by atoms with Crippen molar-refractivity contribution in [1.29, 1.82) is 0 Å². The number of nitrogens with zero attached hydrogens (tertiary/aromatic N) is 1. The van der Waals surface area contributed by atoms with Crippen molar-refractivity contribution in [1.82, 2.24) is 10.2 Å². The zero-order valence-electron chi connectivity index (χ0n) is 11.6. The van der Waals surface area contributed by atoms with Crippen LogP contribution >= 0.6 is 0 Å². The van der Waals surface area contributed by atoms with E-state index in [9.17, 15) is 0 Å². The molecule has 2 aliphatic heterocycles. The van der Waals surface area contributed by atoms with Gasteiger partial charge in [0.2, 0.25) is 0 Å². The highest BCUT2D eigenvalue weighted by Crippen LogP contribution is 2.26. The van der Waals surface area contributed by atoms with Crippen molar-refractivity contribution in [2.45, 2.75) is 25.4 Å². The van der Waals surface area contributed by atoms with Gasteiger partial charge in [0.15, 0.2) is 0 Å². The molecule has 2 heterocycles. The number of ether oxygens (including phenoxy) is 1. The molecular weight excluding hydrogens is 236 g/mol. The third-order valence-electron chi connectivity index (χ3n) is 4.23. The van der Waals surface area contributed by atoms with Gasteiger partial charge in [0, 0.05) is 19.6 Å². The van der Waals surface area contributed by atoms with E-state index in [-0.39, 0.29) is 6.10 Å². The molecule has 104 valence electrons. The first kappa shape index (κ1) is 13.1. The third-order valence-corrected chi connectivity index (χ3v) is 4.23. The fraction of sp³-hybridized carbons (Fsp3) is 0.625. The summed E-state index contributed by atoms with van der Waals surface area (Å²) in [5, 5.41) is 3.56. The fourth-order valence-electron chi connectivity index (χ4n) is 3.12. The van der Waals surface area contributed by atoms with Crippen LogP contribution in [0.15, 0.2) is 24.3 Å². The van der Waals surface area contributed by atoms with Crippen molar-refractivity contribution in [3.63, 3.8) is 0 Å². The standard InChI is InChI=1S/C16H24N2O/c1-2-6-15-14(5-1)7-12-19-16(15)13-17-8-11-18-9-3-4-10-18/h1-2,5-6,16-17H,3-4,7-13H2. The van der Waals surface area contributed by atoms with Crippen LogP contribution in [0.2, 0.25) is 0 Å². The lowest BCUT2D eigenvalue weighted by Crippen LogP contribution is -2.33. The molecule has 0 bridgehead atoms. The lowest BCUT2D eigenvalue weighted by Gasteiger charge is -2.26. The predicted molar refractivity (Wildman–Crippen MR) is 77.4 cm³/mol. The Labute approximate surface area is 115 Å². The van der Waals surface area contributed by atoms with E-state index in [1.807, 2.05) is 0 Å². The van der Waals surface area contributed by atoms with Crippen LogP contribution in [0.3, 0.4) is 0 Å². The summed E-state index contributed by atoms with van der Waals surface area (Å²) in [5.74, 6) is 0. The number of hydrogen-bond acceptors (Lipinski definition) is 3. The first-order valence-corrected chi connectivity index (χ1v) is 7.56. The lowest BCUT2D eigenvalue weighted by atomic mass is 9.97. The van der Waals surface area contributed by atoms with Gasteiger partial charge in [0.05, 0.1) is 12.7 Å². The monoisotopic (exact) mass is 260 g/mol. The Morgan fingerprint density at radius 3 is 2.95 bits per heavy atom. The molecule has 0 aromatic heterocycles. The number of rotatable bonds is 5. The summed E-state index contributed by atoms with van der Waals surface area (Å²) in [6, 6.07) is 8.68. The number of hydrogen-bond donors (Lipinski definition) is 1. The van der Waals surface area contributed by atoms with E-state index >= 15 is 0 Å². The van der Waals surface area contributed by atoms with Gasteiger partial charge >= 0.3 is 0 Å². The third kappa shape index (κ3) is 3.35. The predicted octanol–water partition coefficient (Wildman–Crippen LogP) is 1.99. The smallest absolute Gasteiger partial charge is 0.0952 e. The maximum Gasteiger partial charge on any atom is 0.0952 e. The summed E-state index contributed by atoms with van der Waals surface area (Å²) in [7, 11) is 0. The van der Waals surface area contributed by atoms with Gasteiger partial charge < -0.3 is 15.0 Å². The average molecular weight is 260 g/mol. The van der Waals surface area contributed by atoms with E-state index in [1.165, 1.54) is 43.6 Å². The van der Waals surface area contributed by atoms with E-state index in [2.05, 4.69) is 34.5 Å². The van der Waals surface area contributed by atoms with Crippen LogP contribution in [-0.2, 0) is 11.2 Å². The molecule has 3 heteroatoms. The van der Waals surface area contributed by atoms with Crippen LogP contribution in [0.5, 0.6) is 0 Å². The van der Waals surface area contributed by atoms with E-state index in [0.29, 0.717) is 0 Å². The Morgan fingerprint density at radius 1 is 1.21 bits per heavy atom. The highest BCUT2D eigenvalue weighted by atomic mass is 16.5. The van der Waals surface area contributed by atoms with Crippen LogP contribution in [0.1, 0.15) is 30.1 Å². The first-order chi connectivity index (χ1) is 9.43. The number of benzene rings is 1. The number of likely N-dealkylation sites (tertiary alicyclic amines) is 1. The summed E-state index contributed by atoms with van der Waals surface area (Å²) >= 11 is 0. The molecule has 0 saturated carbocycles. The molecule has 1 fully saturated rings. The molecule has 1 saturated heterocycles. The Bertz CT molecular complexity index is 401. The SMILES string of the molecule is c1ccc2c(c1)CCOC2CNCCN1CCCC1. The topological polar surface area (TPSA) is 24.5 Å². The molecule has 19 heavy (non-hydrogen) atoms. The molecule has 0 spiro atoms. The molecule has 0 amide bonds. The van der Waals surface area contributed by atoms with Crippen molar-refractivity contribution in [3.05, 3.63) is 35.4 Å². The van der Waals surface area contributed by atoms with Gasteiger partial charge in [-0.05, 0) is 43.5 Å². The minimum Gasteiger partial charge on any atom is -0.372 e. The average Bonchev–Trinajstić information content (AvgIpc) is 2.97. The molecule has 3 nitrogen and oxygen atoms in total. The summed E-state index contributed by atoms with van der Waals surface area (Å²) in [6.07, 6.45) is 4.04. The molecule has 0 aliphatic carbocycles. The Hall–Kier alpha value is -0.900. The zero-order chi connectivity index (χ0) is 12.9. The van der Waals surface area contributed by atoms with Crippen LogP contribution in [0.25, 0.3) is 0 Å². The van der Waals surface area contributed by atoms with Gasteiger partial charge in [-0.25, -0.2) is 0 Å². The van der Waals surface area contributed by atoms with Gasteiger partial charge in [-0.15, -0.1) is 0 Å². The summed E-state index contributed by atoms with van der Waals surface area (Å²) in [6.45, 7) is 6.60. The Kier molecular flexibility index (Phi) is 4.49. The molecule has 3 rings (SSSR count). The highest BCUT2D eigenvalue weighted by Gasteiger charge is 2.19. The van der Waals surface area contributed by atoms with Crippen LogP contribution in [0.4, 0.5) is 0 Å². The van der Waals surface area contributed by atoms with Crippen molar-refractivity contribution in [3.8, 4) is 0 Å². The molecule has 1 atom stereocenters. The van der Waals surface area contributed by atoms with Gasteiger partial charge in [-0.3, -0.25) is 0 Å². The van der Waals surface area contributed by atoms with Crippen LogP contribution < -0.4 is 5.32 Å². The largest absolute Gasteiger partial charge is 0.372 e. The molecule has 1 aromatic rings. The second-order valence-electron chi connectivity index (χ2n) is 5.56. The molecule has 1 N–H and O–H groups in total. The quantitative estimate of drug-likeness (QED) is 0.819. The molecule has 0 radical (unpaired) electrons. The van der Waals surface area contributed by atoms with Gasteiger partial charge in [-0.1, -0.05) is 24.3 Å². The fourth-order valence-corrected chi connectivity index (χ4v) is 3.12. The van der Waals surface area contributed by atoms with E-state index < -0.39 is 0 Å². The minimum atomic E-state index is 0.239. The second kappa shape index (κ2) is 6.51. The van der Waals surface area contributed by atoms with Crippen molar-refractivity contribution in [2.75, 3.05) is 39.3 Å². The number of fused-ring (bicyclic) bond motifs is 1. The van der Waals surface area contributed by atoms with E-state index in [4.69, 9.17) is 4.74 Å². The van der Waals surface area contributed by atoms with Gasteiger partial charge in [-0.2, -0.15) is 0 Å². The molecule has 1 aromatic carbocycles. The van der Waals surface area contributed by atoms with E-state index in [1.54, 1.807) is 0 Å². The Balaban J connectivity index is 1.45. The lowest BCUT2D eigenvalue weighted by molar-refractivity contribution is 0.0423. The summed E-state index contributed by atoms with van der Waals surface area (Å²) in [4.78, 5) is 2.54. The second-order valence-corrected chi connectivity index (χ2v) is 5.56. The summed E-state index contributed by atoms with van der Waals surface area (Å²) < 4.78 is 5.90.